The van der Waals surface area contributed by atoms with Crippen LogP contribution in [0.3, 0.4) is 0 Å². The van der Waals surface area contributed by atoms with Crippen molar-refractivity contribution in [3.63, 3.8) is 0 Å². The second-order valence-corrected chi connectivity index (χ2v) is 6.26. The van der Waals surface area contributed by atoms with E-state index in [2.05, 4.69) is 10.2 Å². The highest BCUT2D eigenvalue weighted by molar-refractivity contribution is 5.81. The normalized spacial score (nSPS) is 24.4. The highest BCUT2D eigenvalue weighted by Crippen LogP contribution is 2.29. The Labute approximate surface area is 98.6 Å². The molecule has 2 fully saturated rings. The molecule has 0 aromatic carbocycles. The first-order valence-electron chi connectivity index (χ1n) is 6.52. The second kappa shape index (κ2) is 4.36. The first-order chi connectivity index (χ1) is 7.47. The van der Waals surface area contributed by atoms with Crippen molar-refractivity contribution in [1.82, 2.24) is 10.2 Å². The molecule has 2 aliphatic rings. The van der Waals surface area contributed by atoms with Gasteiger partial charge in [-0.25, -0.2) is 0 Å². The number of carbonyl (C=O) groups is 1. The van der Waals surface area contributed by atoms with Crippen molar-refractivity contribution in [1.29, 1.82) is 0 Å². The van der Waals surface area contributed by atoms with Crippen LogP contribution in [0.1, 0.15) is 46.5 Å². The molecule has 0 spiro atoms. The lowest BCUT2D eigenvalue weighted by Crippen LogP contribution is -2.48. The lowest BCUT2D eigenvalue weighted by Gasteiger charge is -2.33. The highest BCUT2D eigenvalue weighted by Gasteiger charge is 2.33. The van der Waals surface area contributed by atoms with E-state index in [4.69, 9.17) is 0 Å². The van der Waals surface area contributed by atoms with Crippen LogP contribution in [0.15, 0.2) is 0 Å². The third kappa shape index (κ3) is 2.97. The van der Waals surface area contributed by atoms with E-state index < -0.39 is 0 Å². The molecule has 1 amide bonds. The van der Waals surface area contributed by atoms with Crippen molar-refractivity contribution in [3.8, 4) is 0 Å². The van der Waals surface area contributed by atoms with Crippen LogP contribution in [0.25, 0.3) is 0 Å². The molecule has 3 heteroatoms. The zero-order valence-electron chi connectivity index (χ0n) is 10.8. The third-order valence-corrected chi connectivity index (χ3v) is 3.61. The zero-order chi connectivity index (χ0) is 11.8. The van der Waals surface area contributed by atoms with Crippen molar-refractivity contribution in [3.05, 3.63) is 0 Å². The predicted molar refractivity (Wildman–Crippen MR) is 65.2 cm³/mol. The molecule has 0 unspecified atom stereocenters. The molecular weight excluding hydrogens is 200 g/mol. The van der Waals surface area contributed by atoms with Crippen LogP contribution in [0.4, 0.5) is 0 Å². The molecule has 0 aromatic heterocycles. The highest BCUT2D eigenvalue weighted by atomic mass is 16.2. The number of nitrogens with zero attached hydrogens (tertiary/aromatic N) is 1. The van der Waals surface area contributed by atoms with Gasteiger partial charge in [-0.1, -0.05) is 20.8 Å². The monoisotopic (exact) mass is 224 g/mol. The standard InChI is InChI=1S/C13H24N2O/c1-13(2,3)12(16)14-10-6-8-15(9-7-10)11-4-5-11/h10-11H,4-9H2,1-3H3,(H,14,16). The van der Waals surface area contributed by atoms with Crippen molar-refractivity contribution in [2.24, 2.45) is 5.41 Å². The van der Waals surface area contributed by atoms with E-state index in [9.17, 15) is 4.79 Å². The van der Waals surface area contributed by atoms with Gasteiger partial charge in [0.15, 0.2) is 0 Å². The Balaban J connectivity index is 1.74. The Morgan fingerprint density at radius 1 is 1.12 bits per heavy atom. The van der Waals surface area contributed by atoms with Gasteiger partial charge in [-0.2, -0.15) is 0 Å². The van der Waals surface area contributed by atoms with Crippen LogP contribution in [-0.2, 0) is 4.79 Å². The van der Waals surface area contributed by atoms with Crippen LogP contribution in [0, 0.1) is 5.41 Å². The van der Waals surface area contributed by atoms with Gasteiger partial charge < -0.3 is 10.2 Å². The number of carbonyl (C=O) groups excluding carboxylic acids is 1. The predicted octanol–water partition coefficient (Wildman–Crippen LogP) is 1.78. The molecule has 1 saturated carbocycles. The average Bonchev–Trinajstić information content (AvgIpc) is 3.01. The first kappa shape index (κ1) is 11.9. The summed E-state index contributed by atoms with van der Waals surface area (Å²) in [4.78, 5) is 14.4. The third-order valence-electron chi connectivity index (χ3n) is 3.61. The molecule has 92 valence electrons. The van der Waals surface area contributed by atoms with E-state index in [1.807, 2.05) is 20.8 Å². The number of rotatable bonds is 2. The minimum absolute atomic E-state index is 0.192. The lowest BCUT2D eigenvalue weighted by atomic mass is 9.94. The van der Waals surface area contributed by atoms with E-state index in [0.717, 1.165) is 18.9 Å². The Morgan fingerprint density at radius 3 is 2.12 bits per heavy atom. The first-order valence-corrected chi connectivity index (χ1v) is 6.52. The van der Waals surface area contributed by atoms with Gasteiger partial charge in [-0.15, -0.1) is 0 Å². The average molecular weight is 224 g/mol. The minimum atomic E-state index is -0.256. The van der Waals surface area contributed by atoms with Gasteiger partial charge in [0.05, 0.1) is 0 Å². The summed E-state index contributed by atoms with van der Waals surface area (Å²) >= 11 is 0. The van der Waals surface area contributed by atoms with E-state index in [-0.39, 0.29) is 11.3 Å². The Morgan fingerprint density at radius 2 is 1.69 bits per heavy atom. The van der Waals surface area contributed by atoms with Gasteiger partial charge in [0.2, 0.25) is 5.91 Å². The van der Waals surface area contributed by atoms with Gasteiger partial charge in [0.1, 0.15) is 0 Å². The Kier molecular flexibility index (Phi) is 3.24. The molecule has 1 N–H and O–H groups in total. The molecule has 16 heavy (non-hydrogen) atoms. The lowest BCUT2D eigenvalue weighted by molar-refractivity contribution is -0.129. The van der Waals surface area contributed by atoms with Crippen molar-refractivity contribution >= 4 is 5.91 Å². The van der Waals surface area contributed by atoms with Crippen molar-refractivity contribution < 1.29 is 4.79 Å². The summed E-state index contributed by atoms with van der Waals surface area (Å²) in [5.41, 5.74) is -0.256. The van der Waals surface area contributed by atoms with Gasteiger partial charge in [0.25, 0.3) is 0 Å². The summed E-state index contributed by atoms with van der Waals surface area (Å²) < 4.78 is 0. The van der Waals surface area contributed by atoms with E-state index >= 15 is 0 Å². The van der Waals surface area contributed by atoms with E-state index in [0.29, 0.717) is 6.04 Å². The zero-order valence-corrected chi connectivity index (χ0v) is 10.8. The molecule has 1 heterocycles. The Hall–Kier alpha value is -0.570. The summed E-state index contributed by atoms with van der Waals surface area (Å²) in [5, 5.41) is 3.17. The fourth-order valence-corrected chi connectivity index (χ4v) is 2.25. The number of nitrogens with one attached hydrogen (secondary N) is 1. The molecule has 0 atom stereocenters. The van der Waals surface area contributed by atoms with Gasteiger partial charge in [0, 0.05) is 30.6 Å². The molecule has 1 saturated heterocycles. The molecule has 0 bridgehead atoms. The van der Waals surface area contributed by atoms with E-state index in [1.54, 1.807) is 0 Å². The van der Waals surface area contributed by atoms with Crippen LogP contribution in [0.2, 0.25) is 0 Å². The van der Waals surface area contributed by atoms with Crippen molar-refractivity contribution in [2.75, 3.05) is 13.1 Å². The maximum Gasteiger partial charge on any atom is 0.225 e. The fourth-order valence-electron chi connectivity index (χ4n) is 2.25. The van der Waals surface area contributed by atoms with E-state index in [1.165, 1.54) is 25.9 Å². The SMILES string of the molecule is CC(C)(C)C(=O)NC1CCN(C2CC2)CC1. The van der Waals surface area contributed by atoms with Crippen molar-refractivity contribution in [2.45, 2.75) is 58.5 Å². The quantitative estimate of drug-likeness (QED) is 0.775. The van der Waals surface area contributed by atoms with Crippen LogP contribution in [0.5, 0.6) is 0 Å². The van der Waals surface area contributed by atoms with Gasteiger partial charge >= 0.3 is 0 Å². The smallest absolute Gasteiger partial charge is 0.225 e. The molecule has 1 aliphatic carbocycles. The number of likely N-dealkylation sites (tertiary alicyclic amines) is 1. The van der Waals surface area contributed by atoms with Gasteiger partial charge in [-0.05, 0) is 25.7 Å². The molecule has 1 aliphatic heterocycles. The maximum absolute atomic E-state index is 11.8. The number of amides is 1. The Bertz CT molecular complexity index is 258. The maximum atomic E-state index is 11.8. The minimum Gasteiger partial charge on any atom is -0.353 e. The van der Waals surface area contributed by atoms with Crippen LogP contribution in [-0.4, -0.2) is 36.0 Å². The molecule has 3 nitrogen and oxygen atoms in total. The molecular formula is C13H24N2O. The molecule has 0 radical (unpaired) electrons. The largest absolute Gasteiger partial charge is 0.353 e. The number of hydrogen-bond acceptors (Lipinski definition) is 2. The number of piperidine rings is 1. The van der Waals surface area contributed by atoms with Crippen LogP contribution >= 0.6 is 0 Å². The summed E-state index contributed by atoms with van der Waals surface area (Å²) in [6, 6.07) is 1.28. The molecule has 0 aromatic rings. The topological polar surface area (TPSA) is 32.3 Å². The van der Waals surface area contributed by atoms with Crippen LogP contribution < -0.4 is 5.32 Å². The summed E-state index contributed by atoms with van der Waals surface area (Å²) in [6.45, 7) is 8.25. The molecule has 2 rings (SSSR count). The number of hydrogen-bond donors (Lipinski definition) is 1. The summed E-state index contributed by atoms with van der Waals surface area (Å²) in [5.74, 6) is 0.192. The fraction of sp³-hybridized carbons (Fsp3) is 0.923. The summed E-state index contributed by atoms with van der Waals surface area (Å²) in [6.07, 6.45) is 5.02. The van der Waals surface area contributed by atoms with Gasteiger partial charge in [-0.3, -0.25) is 4.79 Å². The summed E-state index contributed by atoms with van der Waals surface area (Å²) in [7, 11) is 0. The second-order valence-electron chi connectivity index (χ2n) is 6.26.